The largest absolute Gasteiger partial charge is 0.493 e. The molecule has 1 aromatic carbocycles. The molecule has 0 spiro atoms. The van der Waals surface area contributed by atoms with Gasteiger partial charge in [-0.3, -0.25) is 4.79 Å². The number of anilines is 1. The van der Waals surface area contributed by atoms with Crippen molar-refractivity contribution in [1.29, 1.82) is 0 Å². The van der Waals surface area contributed by atoms with Gasteiger partial charge in [-0.25, -0.2) is 0 Å². The summed E-state index contributed by atoms with van der Waals surface area (Å²) in [6, 6.07) is 5.80. The van der Waals surface area contributed by atoms with Crippen molar-refractivity contribution < 1.29 is 40.4 Å². The number of nitrogens with zero attached hydrogens (tertiary/aromatic N) is 1. The predicted octanol–water partition coefficient (Wildman–Crippen LogP) is 4.04. The summed E-state index contributed by atoms with van der Waals surface area (Å²) >= 11 is 0. The van der Waals surface area contributed by atoms with E-state index in [0.29, 0.717) is 0 Å². The molecule has 6 nitrogen and oxygen atoms in total. The van der Waals surface area contributed by atoms with E-state index < -0.39 is 35.3 Å². The number of rotatable bonds is 6. The summed E-state index contributed by atoms with van der Waals surface area (Å²) in [5.74, 6) is -2.70. The zero-order valence-electron chi connectivity index (χ0n) is 14.5. The second-order valence-corrected chi connectivity index (χ2v) is 5.58. The van der Waals surface area contributed by atoms with E-state index in [1.807, 2.05) is 0 Å². The monoisotopic (exact) mass is 411 g/mol. The van der Waals surface area contributed by atoms with E-state index in [0.717, 1.165) is 17.4 Å². The summed E-state index contributed by atoms with van der Waals surface area (Å²) in [4.78, 5) is 12.4. The molecule has 0 atom stereocenters. The number of benzene rings is 1. The molecule has 0 bridgehead atoms. The third kappa shape index (κ3) is 4.15. The second-order valence-electron chi connectivity index (χ2n) is 5.58. The van der Waals surface area contributed by atoms with Gasteiger partial charge >= 0.3 is 18.0 Å². The molecule has 1 heterocycles. The van der Waals surface area contributed by atoms with Crippen molar-refractivity contribution in [3.05, 3.63) is 41.7 Å². The molecular formula is C16H15F6N3O3. The molecule has 0 aliphatic rings. The summed E-state index contributed by atoms with van der Waals surface area (Å²) in [7, 11) is 0. The minimum atomic E-state index is -5.98. The lowest BCUT2D eigenvalue weighted by atomic mass is 10.1. The lowest BCUT2D eigenvalue weighted by molar-refractivity contribution is -0.294. The number of alkyl halides is 6. The van der Waals surface area contributed by atoms with Crippen LogP contribution in [0.3, 0.4) is 0 Å². The Hall–Kier alpha value is -2.92. The number of hydrogen-bond donors (Lipinski definition) is 2. The minimum absolute atomic E-state index is 0.0335. The van der Waals surface area contributed by atoms with Gasteiger partial charge in [-0.15, -0.1) is 0 Å². The van der Waals surface area contributed by atoms with Gasteiger partial charge < -0.3 is 19.9 Å². The maximum atomic E-state index is 13.6. The van der Waals surface area contributed by atoms with Crippen molar-refractivity contribution in [1.82, 2.24) is 10.5 Å². The third-order valence-corrected chi connectivity index (χ3v) is 3.53. The number of para-hydroxylation sites is 1. The highest BCUT2D eigenvalue weighted by Crippen LogP contribution is 2.43. The predicted molar refractivity (Wildman–Crippen MR) is 84.8 cm³/mol. The van der Waals surface area contributed by atoms with Gasteiger partial charge in [0.25, 0.3) is 5.91 Å². The van der Waals surface area contributed by atoms with Crippen LogP contribution in [0.4, 0.5) is 32.2 Å². The maximum Gasteiger partial charge on any atom is 0.439 e. The number of hydrogen-bond acceptors (Lipinski definition) is 5. The highest BCUT2D eigenvalue weighted by atomic mass is 19.4. The second kappa shape index (κ2) is 7.60. The fourth-order valence-corrected chi connectivity index (χ4v) is 2.27. The molecule has 12 heteroatoms. The van der Waals surface area contributed by atoms with Crippen LogP contribution in [0.5, 0.6) is 5.75 Å². The molecule has 2 N–H and O–H groups in total. The summed E-state index contributed by atoms with van der Waals surface area (Å²) in [6.07, 6.45) is -12.0. The topological polar surface area (TPSA) is 76.4 Å². The number of ether oxygens (including phenoxy) is 1. The van der Waals surface area contributed by atoms with Crippen LogP contribution in [-0.4, -0.2) is 35.7 Å². The Morgan fingerprint density at radius 1 is 1.14 bits per heavy atom. The lowest BCUT2D eigenvalue weighted by Crippen LogP contribution is -2.72. The van der Waals surface area contributed by atoms with Gasteiger partial charge in [-0.1, -0.05) is 17.3 Å². The van der Waals surface area contributed by atoms with Crippen LogP contribution in [0.25, 0.3) is 0 Å². The zero-order chi connectivity index (χ0) is 21.2. The number of aromatic nitrogens is 1. The molecule has 0 unspecified atom stereocenters. The molecule has 1 aromatic heterocycles. The molecule has 0 aliphatic carbocycles. The SMILES string of the molecule is CCOc1ccccc1C(=O)NC(Nc1cc(C)on1)(C(F)(F)F)C(F)(F)F. The number of halogens is 6. The Balaban J connectivity index is 2.51. The summed E-state index contributed by atoms with van der Waals surface area (Å²) < 4.78 is 91.2. The first-order chi connectivity index (χ1) is 12.9. The van der Waals surface area contributed by atoms with Gasteiger partial charge in [-0.05, 0) is 26.0 Å². The fourth-order valence-electron chi connectivity index (χ4n) is 2.27. The van der Waals surface area contributed by atoms with Crippen molar-refractivity contribution in [2.24, 2.45) is 0 Å². The molecule has 2 rings (SSSR count). The van der Waals surface area contributed by atoms with Gasteiger partial charge in [0, 0.05) is 6.07 Å². The fraction of sp³-hybridized carbons (Fsp3) is 0.375. The Bertz CT molecular complexity index is 818. The van der Waals surface area contributed by atoms with Crippen LogP contribution in [0.1, 0.15) is 23.0 Å². The average molecular weight is 411 g/mol. The van der Waals surface area contributed by atoms with E-state index >= 15 is 0 Å². The standard InChI is InChI=1S/C16H15F6N3O3/c1-3-27-11-7-5-4-6-10(11)13(26)24-14(15(17,18)19,16(20,21)22)23-12-8-9(2)28-25-12/h4-8H,3H2,1-2H3,(H,23,25)(H,24,26). The number of carbonyl (C=O) groups is 1. The van der Waals surface area contributed by atoms with Crippen molar-refractivity contribution >= 4 is 11.7 Å². The Morgan fingerprint density at radius 3 is 2.25 bits per heavy atom. The van der Waals surface area contributed by atoms with Crippen molar-refractivity contribution in [3.8, 4) is 5.75 Å². The molecule has 0 radical (unpaired) electrons. The smallest absolute Gasteiger partial charge is 0.439 e. The molecule has 0 saturated heterocycles. The number of aryl methyl sites for hydroxylation is 1. The van der Waals surface area contributed by atoms with Gasteiger partial charge in [-0.2, -0.15) is 26.3 Å². The Morgan fingerprint density at radius 2 is 1.75 bits per heavy atom. The lowest BCUT2D eigenvalue weighted by Gasteiger charge is -2.38. The van der Waals surface area contributed by atoms with E-state index in [1.165, 1.54) is 30.4 Å². The first-order valence-electron chi connectivity index (χ1n) is 7.80. The molecule has 154 valence electrons. The van der Waals surface area contributed by atoms with E-state index in [1.54, 1.807) is 6.92 Å². The van der Waals surface area contributed by atoms with E-state index in [4.69, 9.17) is 4.74 Å². The Kier molecular flexibility index (Phi) is 5.80. The molecule has 1 amide bonds. The van der Waals surface area contributed by atoms with Gasteiger partial charge in [0.1, 0.15) is 11.5 Å². The summed E-state index contributed by atoms with van der Waals surface area (Å²) in [5.41, 5.74) is -5.32. The van der Waals surface area contributed by atoms with Crippen molar-refractivity contribution in [2.75, 3.05) is 11.9 Å². The van der Waals surface area contributed by atoms with Gasteiger partial charge in [0.15, 0.2) is 5.82 Å². The van der Waals surface area contributed by atoms with E-state index in [-0.39, 0.29) is 18.1 Å². The van der Waals surface area contributed by atoms with E-state index in [9.17, 15) is 31.1 Å². The highest BCUT2D eigenvalue weighted by molar-refractivity contribution is 5.97. The highest BCUT2D eigenvalue weighted by Gasteiger charge is 2.73. The van der Waals surface area contributed by atoms with Gasteiger partial charge in [0.05, 0.1) is 12.2 Å². The van der Waals surface area contributed by atoms with Crippen molar-refractivity contribution in [3.63, 3.8) is 0 Å². The van der Waals surface area contributed by atoms with Crippen LogP contribution >= 0.6 is 0 Å². The molecule has 0 aliphatic heterocycles. The first-order valence-corrected chi connectivity index (χ1v) is 7.80. The van der Waals surface area contributed by atoms with Crippen LogP contribution in [0.2, 0.25) is 0 Å². The van der Waals surface area contributed by atoms with Crippen LogP contribution < -0.4 is 15.4 Å². The minimum Gasteiger partial charge on any atom is -0.493 e. The maximum absolute atomic E-state index is 13.6. The molecule has 0 fully saturated rings. The number of amides is 1. The molecule has 28 heavy (non-hydrogen) atoms. The number of carbonyl (C=O) groups excluding carboxylic acids is 1. The van der Waals surface area contributed by atoms with E-state index in [2.05, 4.69) is 9.68 Å². The van der Waals surface area contributed by atoms with Crippen LogP contribution in [0, 0.1) is 6.92 Å². The number of nitrogens with one attached hydrogen (secondary N) is 2. The van der Waals surface area contributed by atoms with Crippen LogP contribution in [-0.2, 0) is 0 Å². The van der Waals surface area contributed by atoms with Crippen molar-refractivity contribution in [2.45, 2.75) is 31.9 Å². The van der Waals surface area contributed by atoms with Crippen LogP contribution in [0.15, 0.2) is 34.9 Å². The molecular weight excluding hydrogens is 396 g/mol. The van der Waals surface area contributed by atoms with Gasteiger partial charge in [0.2, 0.25) is 0 Å². The Labute approximate surface area is 154 Å². The average Bonchev–Trinajstić information content (AvgIpc) is 2.97. The summed E-state index contributed by atoms with van der Waals surface area (Å²) in [5, 5.41) is 5.33. The normalized spacial score (nSPS) is 12.6. The zero-order valence-corrected chi connectivity index (χ0v) is 14.5. The third-order valence-electron chi connectivity index (χ3n) is 3.53. The summed E-state index contributed by atoms with van der Waals surface area (Å²) in [6.45, 7) is 2.86. The quantitative estimate of drug-likeness (QED) is 0.554. The first kappa shape index (κ1) is 21.4. The molecule has 0 saturated carbocycles. The molecule has 2 aromatic rings.